The molecule has 0 atom stereocenters. The summed E-state index contributed by atoms with van der Waals surface area (Å²) in [6.45, 7) is 0.783. The normalized spacial score (nSPS) is 10.3. The van der Waals surface area contributed by atoms with Crippen molar-refractivity contribution in [3.8, 4) is 11.5 Å². The minimum Gasteiger partial charge on any atom is -0.489 e. The predicted molar refractivity (Wildman–Crippen MR) is 87.9 cm³/mol. The van der Waals surface area contributed by atoms with Crippen molar-refractivity contribution in [1.82, 2.24) is 0 Å². The molecular weight excluding hydrogens is 291 g/mol. The molecule has 0 N–H and O–H groups in total. The fourth-order valence-electron chi connectivity index (χ4n) is 2.19. The molecule has 3 aromatic rings. The first kappa shape index (κ1) is 15.1. The molecule has 0 bridgehead atoms. The zero-order valence-electron chi connectivity index (χ0n) is 12.6. The van der Waals surface area contributed by atoms with Gasteiger partial charge >= 0.3 is 0 Å². The van der Waals surface area contributed by atoms with Gasteiger partial charge < -0.3 is 9.47 Å². The maximum Gasteiger partial charge on any atom is 0.130 e. The molecule has 0 aliphatic heterocycles. The summed E-state index contributed by atoms with van der Waals surface area (Å²) in [7, 11) is 0. The lowest BCUT2D eigenvalue weighted by molar-refractivity contribution is 0.287. The van der Waals surface area contributed by atoms with Crippen molar-refractivity contribution < 1.29 is 13.9 Å². The van der Waals surface area contributed by atoms with Crippen LogP contribution >= 0.6 is 0 Å². The van der Waals surface area contributed by atoms with Crippen LogP contribution in [0.15, 0.2) is 78.9 Å². The number of rotatable bonds is 6. The van der Waals surface area contributed by atoms with Gasteiger partial charge in [-0.1, -0.05) is 60.7 Å². The molecular formula is C20H17FO2. The van der Waals surface area contributed by atoms with Crippen LogP contribution in [0.1, 0.15) is 11.1 Å². The van der Waals surface area contributed by atoms with Crippen LogP contribution in [0.5, 0.6) is 11.5 Å². The molecule has 3 heteroatoms. The van der Waals surface area contributed by atoms with Crippen LogP contribution in [0.25, 0.3) is 0 Å². The highest BCUT2D eigenvalue weighted by molar-refractivity contribution is 5.34. The number of benzene rings is 3. The topological polar surface area (TPSA) is 18.5 Å². The summed E-state index contributed by atoms with van der Waals surface area (Å²) in [5.41, 5.74) is 2.06. The third-order valence-corrected chi connectivity index (χ3v) is 3.34. The first-order valence-electron chi connectivity index (χ1n) is 7.44. The van der Waals surface area contributed by atoms with Crippen molar-refractivity contribution in [2.45, 2.75) is 13.2 Å². The lowest BCUT2D eigenvalue weighted by atomic mass is 10.2. The van der Waals surface area contributed by atoms with Crippen LogP contribution in [0, 0.1) is 5.82 Å². The van der Waals surface area contributed by atoms with E-state index in [1.54, 1.807) is 6.07 Å². The minimum absolute atomic E-state index is 0.376. The van der Waals surface area contributed by atoms with E-state index >= 15 is 0 Å². The monoisotopic (exact) mass is 308 g/mol. The van der Waals surface area contributed by atoms with E-state index in [4.69, 9.17) is 9.47 Å². The number of hydrogen-bond acceptors (Lipinski definition) is 2. The Morgan fingerprint density at radius 3 is 1.48 bits per heavy atom. The molecule has 0 amide bonds. The van der Waals surface area contributed by atoms with Gasteiger partial charge in [-0.3, -0.25) is 0 Å². The smallest absolute Gasteiger partial charge is 0.130 e. The Bertz CT molecular complexity index is 680. The van der Waals surface area contributed by atoms with E-state index in [0.29, 0.717) is 24.7 Å². The average molecular weight is 308 g/mol. The van der Waals surface area contributed by atoms with Crippen molar-refractivity contribution in [3.63, 3.8) is 0 Å². The van der Waals surface area contributed by atoms with Crippen molar-refractivity contribution in [3.05, 3.63) is 95.8 Å². The van der Waals surface area contributed by atoms with Crippen molar-refractivity contribution >= 4 is 0 Å². The minimum atomic E-state index is -0.376. The first-order valence-corrected chi connectivity index (χ1v) is 7.44. The third kappa shape index (κ3) is 4.58. The van der Waals surface area contributed by atoms with Crippen molar-refractivity contribution in [1.29, 1.82) is 0 Å². The molecule has 0 heterocycles. The lowest BCUT2D eigenvalue weighted by Gasteiger charge is -2.10. The highest BCUT2D eigenvalue weighted by Crippen LogP contribution is 2.23. The molecule has 0 fully saturated rings. The van der Waals surface area contributed by atoms with E-state index in [-0.39, 0.29) is 5.82 Å². The van der Waals surface area contributed by atoms with Crippen LogP contribution in [0.2, 0.25) is 0 Å². The van der Waals surface area contributed by atoms with E-state index in [0.717, 1.165) is 11.1 Å². The summed E-state index contributed by atoms with van der Waals surface area (Å²) in [4.78, 5) is 0. The maximum atomic E-state index is 13.7. The third-order valence-electron chi connectivity index (χ3n) is 3.34. The maximum absolute atomic E-state index is 13.7. The molecule has 0 saturated carbocycles. The molecule has 0 unspecified atom stereocenters. The Morgan fingerprint density at radius 2 is 1.04 bits per heavy atom. The van der Waals surface area contributed by atoms with E-state index in [1.165, 1.54) is 12.1 Å². The van der Waals surface area contributed by atoms with Gasteiger partial charge in [-0.15, -0.1) is 0 Å². The van der Waals surface area contributed by atoms with Crippen molar-refractivity contribution in [2.75, 3.05) is 0 Å². The molecule has 0 aromatic heterocycles. The standard InChI is InChI=1S/C20H17FO2/c21-18-11-19(22-14-16-7-3-1-4-8-16)13-20(12-18)23-15-17-9-5-2-6-10-17/h1-13H,14-15H2. The van der Waals surface area contributed by atoms with Gasteiger partial charge in [0.1, 0.15) is 30.5 Å². The summed E-state index contributed by atoms with van der Waals surface area (Å²) in [5.74, 6) is 0.535. The summed E-state index contributed by atoms with van der Waals surface area (Å²) in [5, 5.41) is 0. The van der Waals surface area contributed by atoms with E-state index < -0.39 is 0 Å². The Balaban J connectivity index is 1.64. The second kappa shape index (κ2) is 7.45. The fourth-order valence-corrected chi connectivity index (χ4v) is 2.19. The average Bonchev–Trinajstić information content (AvgIpc) is 2.60. The van der Waals surface area contributed by atoms with Gasteiger partial charge in [0.15, 0.2) is 0 Å². The van der Waals surface area contributed by atoms with Gasteiger partial charge in [-0.2, -0.15) is 0 Å². The second-order valence-corrected chi connectivity index (χ2v) is 5.17. The Labute approximate surface area is 135 Å². The largest absolute Gasteiger partial charge is 0.489 e. The highest BCUT2D eigenvalue weighted by Gasteiger charge is 2.04. The van der Waals surface area contributed by atoms with Gasteiger partial charge in [-0.05, 0) is 11.1 Å². The summed E-state index contributed by atoms with van der Waals surface area (Å²) in [6.07, 6.45) is 0. The Hall–Kier alpha value is -2.81. The second-order valence-electron chi connectivity index (χ2n) is 5.17. The quantitative estimate of drug-likeness (QED) is 0.639. The molecule has 3 rings (SSSR count). The molecule has 0 aliphatic rings. The first-order chi connectivity index (χ1) is 11.3. The summed E-state index contributed by atoms with van der Waals surface area (Å²) < 4.78 is 25.0. The van der Waals surface area contributed by atoms with Crippen LogP contribution in [0.4, 0.5) is 4.39 Å². The zero-order valence-corrected chi connectivity index (χ0v) is 12.6. The molecule has 0 aliphatic carbocycles. The van der Waals surface area contributed by atoms with Crippen LogP contribution in [0.3, 0.4) is 0 Å². The molecule has 0 radical (unpaired) electrons. The molecule has 0 saturated heterocycles. The van der Waals surface area contributed by atoms with E-state index in [1.807, 2.05) is 60.7 Å². The highest BCUT2D eigenvalue weighted by atomic mass is 19.1. The summed E-state index contributed by atoms with van der Waals surface area (Å²) in [6, 6.07) is 23.9. The Morgan fingerprint density at radius 1 is 0.609 bits per heavy atom. The van der Waals surface area contributed by atoms with Gasteiger partial charge in [0.2, 0.25) is 0 Å². The number of ether oxygens (including phenoxy) is 2. The van der Waals surface area contributed by atoms with Crippen LogP contribution in [-0.2, 0) is 13.2 Å². The van der Waals surface area contributed by atoms with Gasteiger partial charge in [0.25, 0.3) is 0 Å². The van der Waals surface area contributed by atoms with E-state index in [9.17, 15) is 4.39 Å². The fraction of sp³-hybridized carbons (Fsp3) is 0.100. The summed E-state index contributed by atoms with van der Waals surface area (Å²) >= 11 is 0. The lowest BCUT2D eigenvalue weighted by Crippen LogP contribution is -1.98. The molecule has 3 aromatic carbocycles. The van der Waals surface area contributed by atoms with Gasteiger partial charge in [0, 0.05) is 18.2 Å². The predicted octanol–water partition coefficient (Wildman–Crippen LogP) is 4.98. The zero-order chi connectivity index (χ0) is 15.9. The SMILES string of the molecule is Fc1cc(OCc2ccccc2)cc(OCc2ccccc2)c1. The number of hydrogen-bond donors (Lipinski definition) is 0. The Kier molecular flexibility index (Phi) is 4.89. The van der Waals surface area contributed by atoms with Gasteiger partial charge in [-0.25, -0.2) is 4.39 Å². The van der Waals surface area contributed by atoms with Gasteiger partial charge in [0.05, 0.1) is 0 Å². The molecule has 116 valence electrons. The molecule has 2 nitrogen and oxygen atoms in total. The van der Waals surface area contributed by atoms with Crippen LogP contribution in [-0.4, -0.2) is 0 Å². The van der Waals surface area contributed by atoms with Crippen LogP contribution < -0.4 is 9.47 Å². The molecule has 23 heavy (non-hydrogen) atoms. The number of halogens is 1. The van der Waals surface area contributed by atoms with E-state index in [2.05, 4.69) is 0 Å². The van der Waals surface area contributed by atoms with Crippen molar-refractivity contribution in [2.24, 2.45) is 0 Å². The molecule has 0 spiro atoms.